The molecule has 0 fully saturated rings. The fraction of sp³-hybridized carbons (Fsp3) is 0.318. The van der Waals surface area contributed by atoms with Crippen molar-refractivity contribution in [2.24, 2.45) is 0 Å². The summed E-state index contributed by atoms with van der Waals surface area (Å²) in [6, 6.07) is 15.5. The summed E-state index contributed by atoms with van der Waals surface area (Å²) in [6.07, 6.45) is 0.913. The first-order chi connectivity index (χ1) is 14.0. The zero-order chi connectivity index (χ0) is 20.6. The summed E-state index contributed by atoms with van der Waals surface area (Å²) >= 11 is 6.20. The number of rotatable bonds is 9. The van der Waals surface area contributed by atoms with Crippen molar-refractivity contribution in [2.75, 3.05) is 13.1 Å². The minimum absolute atomic E-state index is 0.0372. The van der Waals surface area contributed by atoms with Gasteiger partial charge in [0.25, 0.3) is 0 Å². The maximum absolute atomic E-state index is 12.4. The molecule has 1 amide bonds. The van der Waals surface area contributed by atoms with Gasteiger partial charge in [-0.25, -0.2) is 0 Å². The van der Waals surface area contributed by atoms with Crippen LogP contribution in [-0.2, 0) is 17.9 Å². The van der Waals surface area contributed by atoms with Crippen LogP contribution in [0.4, 0.5) is 0 Å². The van der Waals surface area contributed by atoms with Crippen molar-refractivity contribution in [3.63, 3.8) is 0 Å². The van der Waals surface area contributed by atoms with E-state index in [0.717, 1.165) is 18.5 Å². The van der Waals surface area contributed by atoms with E-state index in [4.69, 9.17) is 16.0 Å². The molecule has 0 aliphatic heterocycles. The number of aryl methyl sites for hydroxylation is 1. The highest BCUT2D eigenvalue weighted by Crippen LogP contribution is 2.26. The van der Waals surface area contributed by atoms with Gasteiger partial charge in [0, 0.05) is 6.54 Å². The van der Waals surface area contributed by atoms with Gasteiger partial charge in [-0.15, -0.1) is 10.2 Å². The van der Waals surface area contributed by atoms with Crippen LogP contribution in [-0.4, -0.2) is 34.1 Å². The third kappa shape index (κ3) is 6.14. The van der Waals surface area contributed by atoms with Crippen molar-refractivity contribution < 1.29 is 9.21 Å². The van der Waals surface area contributed by atoms with Gasteiger partial charge in [0.1, 0.15) is 0 Å². The van der Waals surface area contributed by atoms with Crippen molar-refractivity contribution in [1.82, 2.24) is 20.4 Å². The predicted molar refractivity (Wildman–Crippen MR) is 113 cm³/mol. The normalized spacial score (nSPS) is 11.0. The van der Waals surface area contributed by atoms with Gasteiger partial charge >= 0.3 is 0 Å². The highest BCUT2D eigenvalue weighted by molar-refractivity contribution is 6.33. The van der Waals surface area contributed by atoms with Crippen LogP contribution < -0.4 is 5.32 Å². The second kappa shape index (κ2) is 10.2. The minimum Gasteiger partial charge on any atom is -0.419 e. The van der Waals surface area contributed by atoms with Crippen LogP contribution in [0.15, 0.2) is 52.9 Å². The molecule has 29 heavy (non-hydrogen) atoms. The molecule has 3 rings (SSSR count). The van der Waals surface area contributed by atoms with Gasteiger partial charge in [-0.05, 0) is 37.6 Å². The summed E-state index contributed by atoms with van der Waals surface area (Å²) in [4.78, 5) is 14.4. The van der Waals surface area contributed by atoms with E-state index in [1.807, 2.05) is 54.3 Å². The van der Waals surface area contributed by atoms with Gasteiger partial charge in [-0.3, -0.25) is 9.69 Å². The molecular formula is C22H25ClN4O2. The molecule has 0 spiro atoms. The molecular weight excluding hydrogens is 388 g/mol. The standard InChI is InChI=1S/C22H25ClN4O2/c1-3-12-27(14-20(28)24-13-17-10-8-16(2)9-11-17)15-21-25-26-22(29-21)18-6-4-5-7-19(18)23/h4-11H,3,12-15H2,1-2H3,(H,24,28). The van der Waals surface area contributed by atoms with Gasteiger partial charge in [-0.2, -0.15) is 0 Å². The molecule has 1 N–H and O–H groups in total. The third-order valence-corrected chi connectivity index (χ3v) is 4.78. The molecule has 6 nitrogen and oxygen atoms in total. The molecule has 0 saturated carbocycles. The molecule has 0 saturated heterocycles. The van der Waals surface area contributed by atoms with E-state index < -0.39 is 0 Å². The monoisotopic (exact) mass is 412 g/mol. The topological polar surface area (TPSA) is 71.3 Å². The van der Waals surface area contributed by atoms with Gasteiger partial charge in [0.05, 0.1) is 23.7 Å². The number of halogens is 1. The van der Waals surface area contributed by atoms with E-state index in [2.05, 4.69) is 22.4 Å². The molecule has 2 aromatic carbocycles. The minimum atomic E-state index is -0.0372. The molecule has 0 aliphatic carbocycles. The van der Waals surface area contributed by atoms with Crippen molar-refractivity contribution in [3.8, 4) is 11.5 Å². The highest BCUT2D eigenvalue weighted by Gasteiger charge is 2.16. The molecule has 0 aliphatic rings. The molecule has 7 heteroatoms. The number of hydrogen-bond donors (Lipinski definition) is 1. The molecule has 1 heterocycles. The number of amides is 1. The Bertz CT molecular complexity index is 940. The Balaban J connectivity index is 1.57. The van der Waals surface area contributed by atoms with Gasteiger partial charge in [-0.1, -0.05) is 60.5 Å². The molecule has 152 valence electrons. The van der Waals surface area contributed by atoms with Crippen LogP contribution in [0, 0.1) is 6.92 Å². The van der Waals surface area contributed by atoms with Gasteiger partial charge in [0.15, 0.2) is 0 Å². The fourth-order valence-electron chi connectivity index (χ4n) is 2.95. The first kappa shape index (κ1) is 21.0. The quantitative estimate of drug-likeness (QED) is 0.569. The van der Waals surface area contributed by atoms with E-state index in [1.165, 1.54) is 5.56 Å². The Morgan fingerprint density at radius 1 is 1.14 bits per heavy atom. The summed E-state index contributed by atoms with van der Waals surface area (Å²) in [5.41, 5.74) is 2.97. The molecule has 3 aromatic rings. The van der Waals surface area contributed by atoms with E-state index in [1.54, 1.807) is 6.07 Å². The average molecular weight is 413 g/mol. The van der Waals surface area contributed by atoms with Crippen molar-refractivity contribution >= 4 is 17.5 Å². The molecule has 0 bridgehead atoms. The Morgan fingerprint density at radius 2 is 1.90 bits per heavy atom. The maximum Gasteiger partial charge on any atom is 0.249 e. The summed E-state index contributed by atoms with van der Waals surface area (Å²) in [7, 11) is 0. The van der Waals surface area contributed by atoms with E-state index in [0.29, 0.717) is 35.5 Å². The first-order valence-corrected chi connectivity index (χ1v) is 10.0. The first-order valence-electron chi connectivity index (χ1n) is 9.67. The van der Waals surface area contributed by atoms with E-state index >= 15 is 0 Å². The lowest BCUT2D eigenvalue weighted by Gasteiger charge is -2.19. The Morgan fingerprint density at radius 3 is 2.62 bits per heavy atom. The summed E-state index contributed by atoms with van der Waals surface area (Å²) < 4.78 is 5.77. The number of benzene rings is 2. The van der Waals surface area contributed by atoms with Crippen LogP contribution in [0.25, 0.3) is 11.5 Å². The highest BCUT2D eigenvalue weighted by atomic mass is 35.5. The Kier molecular flexibility index (Phi) is 7.38. The number of hydrogen-bond acceptors (Lipinski definition) is 5. The number of carbonyl (C=O) groups is 1. The molecule has 1 aromatic heterocycles. The Labute approximate surface area is 175 Å². The largest absolute Gasteiger partial charge is 0.419 e. The summed E-state index contributed by atoms with van der Waals surface area (Å²) in [6.45, 7) is 6.05. The van der Waals surface area contributed by atoms with Crippen LogP contribution in [0.3, 0.4) is 0 Å². The molecule has 0 unspecified atom stereocenters. The number of nitrogens with one attached hydrogen (secondary N) is 1. The smallest absolute Gasteiger partial charge is 0.249 e. The third-order valence-electron chi connectivity index (χ3n) is 4.45. The summed E-state index contributed by atoms with van der Waals surface area (Å²) in [5, 5.41) is 11.7. The second-order valence-electron chi connectivity index (χ2n) is 6.95. The van der Waals surface area contributed by atoms with Gasteiger partial charge in [0.2, 0.25) is 17.7 Å². The van der Waals surface area contributed by atoms with Crippen molar-refractivity contribution in [2.45, 2.75) is 33.4 Å². The molecule has 0 radical (unpaired) electrons. The predicted octanol–water partition coefficient (Wildman–Crippen LogP) is 4.23. The lowest BCUT2D eigenvalue weighted by atomic mass is 10.1. The number of nitrogens with zero attached hydrogens (tertiary/aromatic N) is 3. The fourth-order valence-corrected chi connectivity index (χ4v) is 3.16. The number of carbonyl (C=O) groups excluding carboxylic acids is 1. The zero-order valence-electron chi connectivity index (χ0n) is 16.7. The number of aromatic nitrogens is 2. The van der Waals surface area contributed by atoms with Crippen molar-refractivity contribution in [3.05, 3.63) is 70.6 Å². The average Bonchev–Trinajstić information content (AvgIpc) is 3.16. The summed E-state index contributed by atoms with van der Waals surface area (Å²) in [5.74, 6) is 0.801. The van der Waals surface area contributed by atoms with Crippen LogP contribution in [0.1, 0.15) is 30.4 Å². The lowest BCUT2D eigenvalue weighted by Crippen LogP contribution is -2.37. The SMILES string of the molecule is CCCN(CC(=O)NCc1ccc(C)cc1)Cc1nnc(-c2ccccc2Cl)o1. The second-order valence-corrected chi connectivity index (χ2v) is 7.36. The van der Waals surface area contributed by atoms with Crippen LogP contribution >= 0.6 is 11.6 Å². The van der Waals surface area contributed by atoms with Crippen LogP contribution in [0.5, 0.6) is 0 Å². The lowest BCUT2D eigenvalue weighted by molar-refractivity contribution is -0.122. The van der Waals surface area contributed by atoms with Crippen molar-refractivity contribution in [1.29, 1.82) is 0 Å². The molecule has 0 atom stereocenters. The zero-order valence-corrected chi connectivity index (χ0v) is 17.4. The maximum atomic E-state index is 12.4. The van der Waals surface area contributed by atoms with E-state index in [9.17, 15) is 4.79 Å². The van der Waals surface area contributed by atoms with Gasteiger partial charge < -0.3 is 9.73 Å². The van der Waals surface area contributed by atoms with Crippen LogP contribution in [0.2, 0.25) is 5.02 Å². The Hall–Kier alpha value is -2.70. The van der Waals surface area contributed by atoms with E-state index in [-0.39, 0.29) is 12.5 Å².